The molecule has 2 heterocycles. The van der Waals surface area contributed by atoms with E-state index in [-0.39, 0.29) is 30.2 Å². The van der Waals surface area contributed by atoms with Crippen molar-refractivity contribution < 1.29 is 18.3 Å². The first-order valence-corrected chi connectivity index (χ1v) is 11.7. The number of nitrogens with one attached hydrogen (secondary N) is 1. The lowest BCUT2D eigenvalue weighted by Gasteiger charge is -2.40. The zero-order valence-electron chi connectivity index (χ0n) is 20.1. The summed E-state index contributed by atoms with van der Waals surface area (Å²) in [5.41, 5.74) is 2.35. The molecular formula is C27H26ClF2N5O2. The van der Waals surface area contributed by atoms with Crippen LogP contribution in [-0.2, 0) is 0 Å². The number of amides is 2. The number of benzene rings is 3. The number of carbonyl (C=O) groups is 1. The van der Waals surface area contributed by atoms with E-state index in [4.69, 9.17) is 0 Å². The lowest BCUT2D eigenvalue weighted by Crippen LogP contribution is -2.55. The number of alkyl halides is 2. The summed E-state index contributed by atoms with van der Waals surface area (Å²) in [5.74, 6) is 0.837. The van der Waals surface area contributed by atoms with Crippen LogP contribution in [0, 0.1) is 0 Å². The Labute approximate surface area is 219 Å². The summed E-state index contributed by atoms with van der Waals surface area (Å²) in [5, 5.41) is 14.1. The Kier molecular flexibility index (Phi) is 8.03. The molecule has 1 atom stereocenters. The summed E-state index contributed by atoms with van der Waals surface area (Å²) in [7, 11) is 0. The van der Waals surface area contributed by atoms with Crippen molar-refractivity contribution in [2.45, 2.75) is 19.6 Å². The monoisotopic (exact) mass is 525 g/mol. The van der Waals surface area contributed by atoms with Gasteiger partial charge < -0.3 is 19.9 Å². The van der Waals surface area contributed by atoms with Crippen LogP contribution in [0.3, 0.4) is 0 Å². The van der Waals surface area contributed by atoms with Crippen LogP contribution in [-0.4, -0.2) is 53.4 Å². The highest BCUT2D eigenvalue weighted by molar-refractivity contribution is 6.00. The molecule has 4 aromatic rings. The van der Waals surface area contributed by atoms with Crippen LogP contribution in [0.5, 0.6) is 5.75 Å². The van der Waals surface area contributed by atoms with Crippen LogP contribution < -0.4 is 15.0 Å². The lowest BCUT2D eigenvalue weighted by molar-refractivity contribution is -0.0498. The maximum atomic E-state index is 12.8. The average Bonchev–Trinajstić information content (AvgIpc) is 2.89. The summed E-state index contributed by atoms with van der Waals surface area (Å²) < 4.78 is 29.0. The van der Waals surface area contributed by atoms with Crippen LogP contribution >= 0.6 is 12.4 Å². The Balaban J connectivity index is 0.00000320. The molecule has 37 heavy (non-hydrogen) atoms. The first-order chi connectivity index (χ1) is 17.5. The maximum Gasteiger partial charge on any atom is 0.387 e. The van der Waals surface area contributed by atoms with Crippen LogP contribution in [0.4, 0.5) is 25.1 Å². The van der Waals surface area contributed by atoms with Gasteiger partial charge in [-0.05, 0) is 31.2 Å². The van der Waals surface area contributed by atoms with E-state index in [1.54, 1.807) is 4.90 Å². The lowest BCUT2D eigenvalue weighted by atomic mass is 10.0. The maximum absolute atomic E-state index is 12.8. The van der Waals surface area contributed by atoms with E-state index in [0.717, 1.165) is 27.8 Å². The largest absolute Gasteiger partial charge is 0.435 e. The molecule has 2 amide bonds. The minimum absolute atomic E-state index is 0. The summed E-state index contributed by atoms with van der Waals surface area (Å²) in [6.45, 7) is 0.754. The second-order valence-electron chi connectivity index (χ2n) is 8.61. The highest BCUT2D eigenvalue weighted by Gasteiger charge is 2.29. The quantitative estimate of drug-likeness (QED) is 0.343. The van der Waals surface area contributed by atoms with Crippen molar-refractivity contribution in [2.75, 3.05) is 29.9 Å². The summed E-state index contributed by atoms with van der Waals surface area (Å²) in [6, 6.07) is 23.7. The van der Waals surface area contributed by atoms with Crippen molar-refractivity contribution in [1.29, 1.82) is 0 Å². The molecule has 1 fully saturated rings. The topological polar surface area (TPSA) is 70.6 Å². The van der Waals surface area contributed by atoms with E-state index in [2.05, 4.69) is 44.2 Å². The fraction of sp³-hybridized carbons (Fsp3) is 0.222. The number of anilines is 2. The van der Waals surface area contributed by atoms with Gasteiger partial charge >= 0.3 is 12.6 Å². The molecule has 1 saturated heterocycles. The SMILES string of the molecule is CC1CN(C(=O)Nc2ccc(OC(F)F)cc2)CCN1c1nnc(-c2ccccc2)c2ccccc12.Cl. The van der Waals surface area contributed by atoms with E-state index in [1.807, 2.05) is 42.5 Å². The number of piperazine rings is 1. The van der Waals surface area contributed by atoms with Crippen molar-refractivity contribution in [3.05, 3.63) is 78.9 Å². The van der Waals surface area contributed by atoms with E-state index in [0.29, 0.717) is 25.3 Å². The third-order valence-electron chi connectivity index (χ3n) is 6.23. The van der Waals surface area contributed by atoms with Crippen molar-refractivity contribution in [3.63, 3.8) is 0 Å². The molecule has 0 radical (unpaired) electrons. The van der Waals surface area contributed by atoms with Gasteiger partial charge in [-0.25, -0.2) is 4.79 Å². The fourth-order valence-corrected chi connectivity index (χ4v) is 4.49. The highest BCUT2D eigenvalue weighted by Crippen LogP contribution is 2.32. The molecule has 0 bridgehead atoms. The van der Waals surface area contributed by atoms with Gasteiger partial charge in [0.05, 0.1) is 0 Å². The second kappa shape index (κ2) is 11.4. The molecule has 5 rings (SSSR count). The first-order valence-electron chi connectivity index (χ1n) is 11.7. The number of urea groups is 1. The second-order valence-corrected chi connectivity index (χ2v) is 8.61. The number of hydrogen-bond donors (Lipinski definition) is 1. The minimum atomic E-state index is -2.89. The van der Waals surface area contributed by atoms with Crippen LogP contribution in [0.1, 0.15) is 6.92 Å². The normalized spacial score (nSPS) is 15.4. The molecule has 192 valence electrons. The number of rotatable bonds is 5. The minimum Gasteiger partial charge on any atom is -0.435 e. The van der Waals surface area contributed by atoms with Crippen molar-refractivity contribution >= 4 is 40.7 Å². The average molecular weight is 526 g/mol. The first kappa shape index (κ1) is 26.1. The molecule has 0 saturated carbocycles. The molecule has 7 nitrogen and oxygen atoms in total. The zero-order chi connectivity index (χ0) is 25.1. The van der Waals surface area contributed by atoms with Crippen LogP contribution in [0.25, 0.3) is 22.0 Å². The van der Waals surface area contributed by atoms with Gasteiger partial charge in [-0.15, -0.1) is 22.6 Å². The Morgan fingerprint density at radius 3 is 2.30 bits per heavy atom. The number of fused-ring (bicyclic) bond motifs is 1. The summed E-state index contributed by atoms with van der Waals surface area (Å²) in [4.78, 5) is 16.8. The Morgan fingerprint density at radius 2 is 1.62 bits per heavy atom. The Morgan fingerprint density at radius 1 is 0.946 bits per heavy atom. The molecule has 3 aromatic carbocycles. The fourth-order valence-electron chi connectivity index (χ4n) is 4.49. The highest BCUT2D eigenvalue weighted by atomic mass is 35.5. The van der Waals surface area contributed by atoms with Gasteiger partial charge in [0, 0.05) is 47.7 Å². The van der Waals surface area contributed by atoms with Crippen molar-refractivity contribution in [3.8, 4) is 17.0 Å². The number of hydrogen-bond acceptors (Lipinski definition) is 5. The molecule has 1 N–H and O–H groups in total. The van der Waals surface area contributed by atoms with Gasteiger partial charge in [-0.1, -0.05) is 54.6 Å². The molecule has 10 heteroatoms. The predicted molar refractivity (Wildman–Crippen MR) is 143 cm³/mol. The van der Waals surface area contributed by atoms with Crippen molar-refractivity contribution in [2.24, 2.45) is 0 Å². The summed E-state index contributed by atoms with van der Waals surface area (Å²) >= 11 is 0. The molecule has 1 aromatic heterocycles. The predicted octanol–water partition coefficient (Wildman–Crippen LogP) is 6.06. The number of ether oxygens (including phenoxy) is 1. The van der Waals surface area contributed by atoms with Gasteiger partial charge in [0.2, 0.25) is 0 Å². The Bertz CT molecular complexity index is 1360. The number of halogens is 3. The molecule has 1 unspecified atom stereocenters. The molecule has 1 aliphatic heterocycles. The molecule has 0 aliphatic carbocycles. The van der Waals surface area contributed by atoms with Crippen molar-refractivity contribution in [1.82, 2.24) is 15.1 Å². The van der Waals surface area contributed by atoms with Gasteiger partial charge in [0.25, 0.3) is 0 Å². The zero-order valence-corrected chi connectivity index (χ0v) is 20.9. The number of nitrogens with zero attached hydrogens (tertiary/aromatic N) is 4. The van der Waals surface area contributed by atoms with Crippen LogP contribution in [0.15, 0.2) is 78.9 Å². The Hall–Kier alpha value is -3.98. The molecular weight excluding hydrogens is 500 g/mol. The van der Waals surface area contributed by atoms with Crippen LogP contribution in [0.2, 0.25) is 0 Å². The number of carbonyl (C=O) groups excluding carboxylic acids is 1. The number of aromatic nitrogens is 2. The molecule has 0 spiro atoms. The molecule has 1 aliphatic rings. The van der Waals surface area contributed by atoms with E-state index in [1.165, 1.54) is 24.3 Å². The van der Waals surface area contributed by atoms with Gasteiger partial charge in [-0.3, -0.25) is 0 Å². The summed E-state index contributed by atoms with van der Waals surface area (Å²) in [6.07, 6.45) is 0. The van der Waals surface area contributed by atoms with E-state index < -0.39 is 6.61 Å². The smallest absolute Gasteiger partial charge is 0.387 e. The van der Waals surface area contributed by atoms with Gasteiger partial charge in [0.15, 0.2) is 5.82 Å². The van der Waals surface area contributed by atoms with E-state index >= 15 is 0 Å². The van der Waals surface area contributed by atoms with E-state index in [9.17, 15) is 13.6 Å². The third-order valence-corrected chi connectivity index (χ3v) is 6.23. The van der Waals surface area contributed by atoms with Gasteiger partial charge in [-0.2, -0.15) is 8.78 Å². The standard InChI is InChI=1S/C27H25F2N5O2.ClH/c1-18-17-33(27(35)30-20-11-13-21(14-12-20)36-26(28)29)15-16-34(18)25-23-10-6-5-9-22(23)24(31-32-25)19-7-3-2-4-8-19;/h2-14,18,26H,15-17H2,1H3,(H,30,35);1H. The van der Waals surface area contributed by atoms with Gasteiger partial charge in [0.1, 0.15) is 11.4 Å². The third kappa shape index (κ3) is 5.72.